The Morgan fingerprint density at radius 1 is 1.33 bits per heavy atom. The zero-order chi connectivity index (χ0) is 7.28. The van der Waals surface area contributed by atoms with Gasteiger partial charge in [-0.15, -0.1) is 0 Å². The molecule has 0 aromatic carbocycles. The second-order valence-corrected chi connectivity index (χ2v) is 3.63. The van der Waals surface area contributed by atoms with Crippen molar-refractivity contribution < 1.29 is 0 Å². The van der Waals surface area contributed by atoms with Crippen molar-refractivity contribution in [3.8, 4) is 0 Å². The van der Waals surface area contributed by atoms with Crippen LogP contribution in [-0.4, -0.2) is 10.6 Å². The molecule has 0 aliphatic heterocycles. The first-order valence-electron chi connectivity index (χ1n) is 3.46. The van der Waals surface area contributed by atoms with E-state index in [-0.39, 0.29) is 0 Å². The molecule has 0 rings (SSSR count). The Morgan fingerprint density at radius 3 is 2.22 bits per heavy atom. The fourth-order valence-corrected chi connectivity index (χ4v) is 1.67. The van der Waals surface area contributed by atoms with E-state index in [4.69, 9.17) is 0 Å². The van der Waals surface area contributed by atoms with Gasteiger partial charge < -0.3 is 5.32 Å². The van der Waals surface area contributed by atoms with Gasteiger partial charge in [0.15, 0.2) is 0 Å². The number of halogens is 1. The third kappa shape index (κ3) is 6.58. The molecule has 1 atom stereocenters. The molecular weight excluding hydrogens is 225 g/mol. The molecule has 0 fully saturated rings. The molecule has 1 unspecified atom stereocenters. The predicted octanol–water partition coefficient (Wildman–Crippen LogP) is 2.40. The van der Waals surface area contributed by atoms with Crippen LogP contribution in [0.15, 0.2) is 0 Å². The standard InChI is InChI=1S/C7H16IN/c1-6(2)4-7(3)9-5-8/h6-7,9H,4-5H2,1-3H3. The topological polar surface area (TPSA) is 12.0 Å². The molecule has 0 amide bonds. The van der Waals surface area contributed by atoms with Crippen molar-refractivity contribution in [1.29, 1.82) is 0 Å². The van der Waals surface area contributed by atoms with E-state index in [0.29, 0.717) is 6.04 Å². The predicted molar refractivity (Wildman–Crippen MR) is 50.9 cm³/mol. The van der Waals surface area contributed by atoms with E-state index in [1.807, 2.05) is 0 Å². The summed E-state index contributed by atoms with van der Waals surface area (Å²) < 4.78 is 1.06. The number of nitrogens with one attached hydrogen (secondary N) is 1. The van der Waals surface area contributed by atoms with E-state index < -0.39 is 0 Å². The van der Waals surface area contributed by atoms with Crippen molar-refractivity contribution in [3.05, 3.63) is 0 Å². The Labute approximate surface area is 71.7 Å². The Morgan fingerprint density at radius 2 is 1.89 bits per heavy atom. The summed E-state index contributed by atoms with van der Waals surface area (Å²) in [5.41, 5.74) is 0. The van der Waals surface area contributed by atoms with Gasteiger partial charge in [-0.05, 0) is 19.3 Å². The van der Waals surface area contributed by atoms with Gasteiger partial charge in [-0.25, -0.2) is 0 Å². The molecule has 0 aliphatic carbocycles. The highest BCUT2D eigenvalue weighted by atomic mass is 127. The zero-order valence-electron chi connectivity index (χ0n) is 6.45. The third-order valence-corrected chi connectivity index (χ3v) is 1.69. The Bertz CT molecular complexity index is 63.9. The average Bonchev–Trinajstić information content (AvgIpc) is 1.63. The minimum atomic E-state index is 0.682. The molecule has 0 saturated carbocycles. The largest absolute Gasteiger partial charge is 0.306 e. The maximum Gasteiger partial charge on any atom is 0.0481 e. The number of rotatable bonds is 4. The maximum atomic E-state index is 3.36. The molecular formula is C7H16IN. The van der Waals surface area contributed by atoms with E-state index in [0.717, 1.165) is 10.5 Å². The van der Waals surface area contributed by atoms with Crippen LogP contribution in [0.25, 0.3) is 0 Å². The molecule has 1 nitrogen and oxygen atoms in total. The minimum absolute atomic E-state index is 0.682. The Hall–Kier alpha value is 0.690. The quantitative estimate of drug-likeness (QED) is 0.452. The highest BCUT2D eigenvalue weighted by Crippen LogP contribution is 2.03. The van der Waals surface area contributed by atoms with Crippen LogP contribution in [0.3, 0.4) is 0 Å². The van der Waals surface area contributed by atoms with Gasteiger partial charge in [0.2, 0.25) is 0 Å². The summed E-state index contributed by atoms with van der Waals surface area (Å²) in [6, 6.07) is 0.682. The first-order valence-corrected chi connectivity index (χ1v) is 4.98. The lowest BCUT2D eigenvalue weighted by Crippen LogP contribution is -2.25. The smallest absolute Gasteiger partial charge is 0.0481 e. The Balaban J connectivity index is 3.15. The van der Waals surface area contributed by atoms with E-state index in [2.05, 4.69) is 48.7 Å². The minimum Gasteiger partial charge on any atom is -0.306 e. The summed E-state index contributed by atoms with van der Waals surface area (Å²) in [7, 11) is 0. The molecule has 0 aromatic heterocycles. The summed E-state index contributed by atoms with van der Waals surface area (Å²) in [5.74, 6) is 0.815. The fraction of sp³-hybridized carbons (Fsp3) is 1.00. The van der Waals surface area contributed by atoms with Crippen LogP contribution in [-0.2, 0) is 0 Å². The monoisotopic (exact) mass is 241 g/mol. The van der Waals surface area contributed by atoms with Crippen molar-refractivity contribution in [1.82, 2.24) is 5.32 Å². The summed E-state index contributed by atoms with van der Waals surface area (Å²) in [6.07, 6.45) is 1.28. The molecule has 0 spiro atoms. The first kappa shape index (κ1) is 9.69. The van der Waals surface area contributed by atoms with Crippen LogP contribution in [0.2, 0.25) is 0 Å². The zero-order valence-corrected chi connectivity index (χ0v) is 8.60. The van der Waals surface area contributed by atoms with Gasteiger partial charge in [0.05, 0.1) is 0 Å². The van der Waals surface area contributed by atoms with E-state index in [1.165, 1.54) is 6.42 Å². The van der Waals surface area contributed by atoms with Crippen molar-refractivity contribution in [3.63, 3.8) is 0 Å². The molecule has 0 bridgehead atoms. The summed E-state index contributed by atoms with van der Waals surface area (Å²) >= 11 is 2.34. The second-order valence-electron chi connectivity index (χ2n) is 2.87. The molecule has 9 heavy (non-hydrogen) atoms. The van der Waals surface area contributed by atoms with Crippen molar-refractivity contribution in [2.24, 2.45) is 5.92 Å². The summed E-state index contributed by atoms with van der Waals surface area (Å²) in [5, 5.41) is 3.36. The number of alkyl halides is 1. The molecule has 0 saturated heterocycles. The Kier molecular flexibility index (Phi) is 5.89. The van der Waals surface area contributed by atoms with Crippen LogP contribution in [0, 0.1) is 5.92 Å². The van der Waals surface area contributed by atoms with Crippen molar-refractivity contribution in [2.45, 2.75) is 33.2 Å². The first-order chi connectivity index (χ1) is 4.16. The van der Waals surface area contributed by atoms with E-state index >= 15 is 0 Å². The van der Waals surface area contributed by atoms with E-state index in [9.17, 15) is 0 Å². The van der Waals surface area contributed by atoms with Crippen LogP contribution in [0.5, 0.6) is 0 Å². The highest BCUT2D eigenvalue weighted by Gasteiger charge is 2.01. The molecule has 1 N–H and O–H groups in total. The molecule has 0 aliphatic rings. The molecule has 56 valence electrons. The molecule has 0 heterocycles. The highest BCUT2D eigenvalue weighted by molar-refractivity contribution is 14.1. The van der Waals surface area contributed by atoms with Gasteiger partial charge >= 0.3 is 0 Å². The van der Waals surface area contributed by atoms with Crippen LogP contribution >= 0.6 is 22.6 Å². The molecule has 0 aromatic rings. The maximum absolute atomic E-state index is 3.36. The van der Waals surface area contributed by atoms with Crippen molar-refractivity contribution in [2.75, 3.05) is 4.55 Å². The van der Waals surface area contributed by atoms with Gasteiger partial charge in [-0.3, -0.25) is 0 Å². The van der Waals surface area contributed by atoms with Gasteiger partial charge in [0, 0.05) is 10.6 Å². The van der Waals surface area contributed by atoms with Gasteiger partial charge in [-0.2, -0.15) is 0 Å². The van der Waals surface area contributed by atoms with Gasteiger partial charge in [-0.1, -0.05) is 36.4 Å². The van der Waals surface area contributed by atoms with E-state index in [1.54, 1.807) is 0 Å². The van der Waals surface area contributed by atoms with Crippen LogP contribution in [0.1, 0.15) is 27.2 Å². The lowest BCUT2D eigenvalue weighted by Gasteiger charge is -2.13. The lowest BCUT2D eigenvalue weighted by atomic mass is 10.1. The molecule has 0 radical (unpaired) electrons. The van der Waals surface area contributed by atoms with Crippen LogP contribution in [0.4, 0.5) is 0 Å². The van der Waals surface area contributed by atoms with Crippen LogP contribution < -0.4 is 5.32 Å². The third-order valence-electron chi connectivity index (χ3n) is 1.25. The fourth-order valence-electron chi connectivity index (χ4n) is 0.922. The number of hydrogen-bond donors (Lipinski definition) is 1. The van der Waals surface area contributed by atoms with Gasteiger partial charge in [0.1, 0.15) is 0 Å². The lowest BCUT2D eigenvalue weighted by molar-refractivity contribution is 0.467. The van der Waals surface area contributed by atoms with Crippen molar-refractivity contribution >= 4 is 22.6 Å². The normalized spacial score (nSPS) is 14.3. The SMILES string of the molecule is CC(C)CC(C)NCI. The van der Waals surface area contributed by atoms with Gasteiger partial charge in [0.25, 0.3) is 0 Å². The summed E-state index contributed by atoms with van der Waals surface area (Å²) in [4.78, 5) is 0. The number of hydrogen-bond acceptors (Lipinski definition) is 1. The average molecular weight is 241 g/mol. The second kappa shape index (κ2) is 5.47. The molecule has 2 heteroatoms. The summed E-state index contributed by atoms with van der Waals surface area (Å²) in [6.45, 7) is 6.75.